The van der Waals surface area contributed by atoms with Crippen LogP contribution in [0.15, 0.2) is 97.1 Å². The van der Waals surface area contributed by atoms with Crippen LogP contribution in [0.3, 0.4) is 0 Å². The maximum absolute atomic E-state index is 12.5. The van der Waals surface area contributed by atoms with Crippen molar-refractivity contribution in [1.82, 2.24) is 4.90 Å². The van der Waals surface area contributed by atoms with Crippen LogP contribution in [0.1, 0.15) is 42.4 Å². The predicted octanol–water partition coefficient (Wildman–Crippen LogP) is 6.85. The number of benzene rings is 4. The maximum Gasteiger partial charge on any atom is 0.306 e. The molecule has 4 aromatic carbocycles. The quantitative estimate of drug-likeness (QED) is 0.130. The van der Waals surface area contributed by atoms with Crippen molar-refractivity contribution in [3.05, 3.63) is 114 Å². The Bertz CT molecular complexity index is 1820. The van der Waals surface area contributed by atoms with E-state index in [1.165, 1.54) is 0 Å². The zero-order valence-corrected chi connectivity index (χ0v) is 28.7. The van der Waals surface area contributed by atoms with Gasteiger partial charge in [0.1, 0.15) is 17.2 Å². The summed E-state index contributed by atoms with van der Waals surface area (Å²) in [6.07, 6.45) is 3.06. The second-order valence-corrected chi connectivity index (χ2v) is 14.1. The lowest BCUT2D eigenvalue weighted by Gasteiger charge is -2.30. The summed E-state index contributed by atoms with van der Waals surface area (Å²) in [5.74, 6) is 0.823. The molecule has 0 aromatic heterocycles. The Morgan fingerprint density at radius 2 is 1.51 bits per heavy atom. The lowest BCUT2D eigenvalue weighted by molar-refractivity contribution is -0.145. The largest absolute Gasteiger partial charge is 0.493 e. The summed E-state index contributed by atoms with van der Waals surface area (Å²) in [6, 6.07) is 31.0. The zero-order valence-electron chi connectivity index (χ0n) is 27.9. The van der Waals surface area contributed by atoms with Crippen LogP contribution in [0.2, 0.25) is 0 Å². The molecular weight excluding hydrogens is 642 g/mol. The normalized spacial score (nSPS) is 13.5. The van der Waals surface area contributed by atoms with Crippen molar-refractivity contribution in [2.45, 2.75) is 45.7 Å². The van der Waals surface area contributed by atoms with Crippen LogP contribution in [-0.4, -0.2) is 56.3 Å². The van der Waals surface area contributed by atoms with Gasteiger partial charge in [0.15, 0.2) is 0 Å². The first-order chi connectivity index (χ1) is 23.5. The van der Waals surface area contributed by atoms with Crippen LogP contribution in [0.25, 0.3) is 0 Å². The van der Waals surface area contributed by atoms with Gasteiger partial charge in [0.25, 0.3) is 0 Å². The van der Waals surface area contributed by atoms with Crippen LogP contribution >= 0.6 is 0 Å². The first-order valence-electron chi connectivity index (χ1n) is 16.4. The summed E-state index contributed by atoms with van der Waals surface area (Å²) in [4.78, 5) is 27.7. The van der Waals surface area contributed by atoms with Gasteiger partial charge in [-0.1, -0.05) is 54.6 Å². The molecule has 1 heterocycles. The number of carbonyl (C=O) groups is 2. The Labute approximate surface area is 288 Å². The third-order valence-corrected chi connectivity index (χ3v) is 9.09. The van der Waals surface area contributed by atoms with Crippen molar-refractivity contribution in [2.75, 3.05) is 35.6 Å². The van der Waals surface area contributed by atoms with E-state index >= 15 is 0 Å². The molecule has 0 radical (unpaired) electrons. The SMILES string of the molecule is Cc1c(NS(C)(=O)=O)cccc1N(Cc1ccccc1)Cc1ccc(Oc2cccc(OCCCC(=O)N3CCC(C(=O)O)CC3)c2)cc1. The summed E-state index contributed by atoms with van der Waals surface area (Å²) in [5, 5.41) is 9.16. The van der Waals surface area contributed by atoms with E-state index in [0.717, 1.165) is 28.6 Å². The number of amides is 1. The Morgan fingerprint density at radius 1 is 0.857 bits per heavy atom. The van der Waals surface area contributed by atoms with E-state index in [0.29, 0.717) is 81.4 Å². The lowest BCUT2D eigenvalue weighted by atomic mass is 9.97. The number of ether oxygens (including phenoxy) is 2. The molecule has 2 N–H and O–H groups in total. The van der Waals surface area contributed by atoms with Gasteiger partial charge in [-0.2, -0.15) is 0 Å². The third-order valence-electron chi connectivity index (χ3n) is 8.50. The summed E-state index contributed by atoms with van der Waals surface area (Å²) in [6.45, 7) is 4.49. The van der Waals surface area contributed by atoms with Gasteiger partial charge in [-0.3, -0.25) is 14.3 Å². The molecule has 258 valence electrons. The Hall–Kier alpha value is -5.03. The molecule has 0 aliphatic carbocycles. The van der Waals surface area contributed by atoms with Gasteiger partial charge in [-0.15, -0.1) is 0 Å². The van der Waals surface area contributed by atoms with E-state index in [2.05, 4.69) is 21.8 Å². The Kier molecular flexibility index (Phi) is 11.8. The Morgan fingerprint density at radius 3 is 2.18 bits per heavy atom. The third kappa shape index (κ3) is 10.5. The highest BCUT2D eigenvalue weighted by Crippen LogP contribution is 2.31. The second-order valence-electron chi connectivity index (χ2n) is 12.3. The number of carboxylic acids is 1. The number of nitrogens with zero attached hydrogens (tertiary/aromatic N) is 2. The van der Waals surface area contributed by atoms with Crippen LogP contribution in [0.5, 0.6) is 17.2 Å². The molecule has 4 aromatic rings. The van der Waals surface area contributed by atoms with Gasteiger partial charge in [0.2, 0.25) is 15.9 Å². The first kappa shape index (κ1) is 35.3. The molecule has 1 aliphatic heterocycles. The Balaban J connectivity index is 1.17. The summed E-state index contributed by atoms with van der Waals surface area (Å²) in [7, 11) is -3.43. The average Bonchev–Trinajstić information content (AvgIpc) is 3.08. The predicted molar refractivity (Wildman–Crippen MR) is 191 cm³/mol. The van der Waals surface area contributed by atoms with Crippen LogP contribution < -0.4 is 19.1 Å². The second kappa shape index (κ2) is 16.4. The fourth-order valence-corrected chi connectivity index (χ4v) is 6.52. The van der Waals surface area contributed by atoms with E-state index in [1.54, 1.807) is 11.0 Å². The summed E-state index contributed by atoms with van der Waals surface area (Å²) < 4.78 is 38.6. The number of anilines is 2. The number of hydrogen-bond acceptors (Lipinski definition) is 7. The van der Waals surface area contributed by atoms with E-state index in [9.17, 15) is 18.0 Å². The van der Waals surface area contributed by atoms with E-state index in [4.69, 9.17) is 14.6 Å². The molecule has 1 aliphatic rings. The summed E-state index contributed by atoms with van der Waals surface area (Å²) in [5.41, 5.74) is 4.52. The molecule has 0 atom stereocenters. The smallest absolute Gasteiger partial charge is 0.306 e. The highest BCUT2D eigenvalue weighted by Gasteiger charge is 2.26. The van der Waals surface area contributed by atoms with E-state index in [1.807, 2.05) is 85.8 Å². The number of likely N-dealkylation sites (tertiary alicyclic amines) is 1. The number of nitrogens with one attached hydrogen (secondary N) is 1. The highest BCUT2D eigenvalue weighted by molar-refractivity contribution is 7.92. The lowest BCUT2D eigenvalue weighted by Crippen LogP contribution is -2.40. The van der Waals surface area contributed by atoms with Crippen molar-refractivity contribution >= 4 is 33.3 Å². The molecule has 0 bridgehead atoms. The van der Waals surface area contributed by atoms with Gasteiger partial charge in [0.05, 0.1) is 24.5 Å². The van der Waals surface area contributed by atoms with Crippen LogP contribution in [0.4, 0.5) is 11.4 Å². The number of hydrogen-bond donors (Lipinski definition) is 2. The monoisotopic (exact) mass is 685 g/mol. The average molecular weight is 686 g/mol. The molecule has 49 heavy (non-hydrogen) atoms. The molecule has 1 saturated heterocycles. The van der Waals surface area contributed by atoms with Gasteiger partial charge in [-0.05, 0) is 79.3 Å². The molecule has 1 amide bonds. The van der Waals surface area contributed by atoms with Crippen molar-refractivity contribution < 1.29 is 32.6 Å². The number of rotatable bonds is 15. The van der Waals surface area contributed by atoms with Gasteiger partial charge in [0, 0.05) is 44.4 Å². The minimum absolute atomic E-state index is 0.0313. The number of aliphatic carboxylic acids is 1. The molecule has 11 heteroatoms. The van der Waals surface area contributed by atoms with Crippen molar-refractivity contribution in [3.8, 4) is 17.2 Å². The molecule has 0 saturated carbocycles. The number of sulfonamides is 1. The first-order valence-corrected chi connectivity index (χ1v) is 18.3. The van der Waals surface area contributed by atoms with Crippen LogP contribution in [-0.2, 0) is 32.7 Å². The van der Waals surface area contributed by atoms with Gasteiger partial charge in [-0.25, -0.2) is 8.42 Å². The number of carboxylic acid groups (broad SMARTS) is 1. The standard InChI is InChI=1S/C38H43N3O7S/c1-28-35(39-49(2,45)46)13-7-14-36(28)41(26-29-9-4-3-5-10-29)27-30-16-18-32(19-17-30)48-34-12-6-11-33(25-34)47-24-8-15-37(42)40-22-20-31(21-23-40)38(43)44/h3-7,9-14,16-19,25,31,39H,8,15,20-24,26-27H2,1-2H3,(H,43,44). The molecule has 10 nitrogen and oxygen atoms in total. The topological polar surface area (TPSA) is 125 Å². The molecule has 1 fully saturated rings. The van der Waals surface area contributed by atoms with Crippen molar-refractivity contribution in [1.29, 1.82) is 0 Å². The highest BCUT2D eigenvalue weighted by atomic mass is 32.2. The molecular formula is C38H43N3O7S. The fourth-order valence-electron chi connectivity index (χ4n) is 5.90. The maximum atomic E-state index is 12.5. The summed E-state index contributed by atoms with van der Waals surface area (Å²) >= 11 is 0. The minimum atomic E-state index is -3.43. The molecule has 0 spiro atoms. The van der Waals surface area contributed by atoms with Crippen molar-refractivity contribution in [2.24, 2.45) is 5.92 Å². The van der Waals surface area contributed by atoms with Gasteiger partial charge >= 0.3 is 5.97 Å². The fraction of sp³-hybridized carbons (Fsp3) is 0.316. The molecule has 5 rings (SSSR count). The van der Waals surface area contributed by atoms with Gasteiger partial charge < -0.3 is 24.4 Å². The molecule has 0 unspecified atom stereocenters. The van der Waals surface area contributed by atoms with E-state index < -0.39 is 16.0 Å². The van der Waals surface area contributed by atoms with Crippen molar-refractivity contribution in [3.63, 3.8) is 0 Å². The van der Waals surface area contributed by atoms with E-state index in [-0.39, 0.29) is 11.8 Å². The number of piperidine rings is 1. The minimum Gasteiger partial charge on any atom is -0.493 e. The zero-order chi connectivity index (χ0) is 34.8. The number of carbonyl (C=O) groups excluding carboxylic acids is 1. The van der Waals surface area contributed by atoms with Crippen LogP contribution in [0, 0.1) is 12.8 Å².